The number of carboxylic acids is 1. The second-order valence-corrected chi connectivity index (χ2v) is 16.4. The van der Waals surface area contributed by atoms with Gasteiger partial charge in [0.25, 0.3) is 0 Å². The fourth-order valence-corrected chi connectivity index (χ4v) is 7.34. The minimum absolute atomic E-state index is 0.0704. The summed E-state index contributed by atoms with van der Waals surface area (Å²) in [6.07, 6.45) is 18.3. The third-order valence-corrected chi connectivity index (χ3v) is 9.55. The van der Waals surface area contributed by atoms with Crippen LogP contribution in [0.25, 0.3) is 0 Å². The van der Waals surface area contributed by atoms with Gasteiger partial charge in [-0.15, -0.1) is 0 Å². The highest BCUT2D eigenvalue weighted by Gasteiger charge is 2.44. The molecular formula is C35H43N4O8S2+. The maximum absolute atomic E-state index is 11.9. The van der Waals surface area contributed by atoms with E-state index in [1.165, 1.54) is 6.26 Å². The monoisotopic (exact) mass is 711 g/mol. The van der Waals surface area contributed by atoms with E-state index in [1.807, 2.05) is 73.4 Å². The zero-order valence-electron chi connectivity index (χ0n) is 28.3. The van der Waals surface area contributed by atoms with E-state index in [4.69, 9.17) is 5.26 Å². The third kappa shape index (κ3) is 8.88. The number of carboxylic acid groups (broad SMARTS) is 1. The van der Waals surface area contributed by atoms with Crippen molar-refractivity contribution >= 4 is 54.5 Å². The van der Waals surface area contributed by atoms with Crippen molar-refractivity contribution in [1.29, 1.82) is 0 Å². The first-order valence-corrected chi connectivity index (χ1v) is 19.2. The van der Waals surface area contributed by atoms with Gasteiger partial charge < -0.3 is 14.9 Å². The normalized spacial score (nSPS) is 17.9. The molecule has 0 radical (unpaired) electrons. The lowest BCUT2D eigenvalue weighted by atomic mass is 9.81. The maximum Gasteiger partial charge on any atom is 0.305 e. The second-order valence-electron chi connectivity index (χ2n) is 12.9. The van der Waals surface area contributed by atoms with Crippen LogP contribution in [0.15, 0.2) is 97.0 Å². The molecule has 4 N–H and O–H groups in total. The molecule has 0 fully saturated rings. The van der Waals surface area contributed by atoms with Crippen LogP contribution in [0.4, 0.5) is 22.7 Å². The number of hydrogen-bond acceptors (Lipinski definition) is 8. The molecule has 2 aliphatic heterocycles. The van der Waals surface area contributed by atoms with Crippen molar-refractivity contribution in [3.8, 4) is 0 Å². The number of nitrogens with zero attached hydrogens (tertiary/aromatic N) is 2. The van der Waals surface area contributed by atoms with Gasteiger partial charge in [0.1, 0.15) is 6.26 Å². The summed E-state index contributed by atoms with van der Waals surface area (Å²) in [6.45, 7) is 8.78. The van der Waals surface area contributed by atoms with E-state index in [9.17, 15) is 26.7 Å². The van der Waals surface area contributed by atoms with Crippen LogP contribution >= 0.6 is 0 Å². The summed E-state index contributed by atoms with van der Waals surface area (Å²) in [4.78, 5) is 17.5. The Morgan fingerprint density at radius 3 is 2.08 bits per heavy atom. The van der Waals surface area contributed by atoms with Crippen molar-refractivity contribution in [1.82, 2.24) is 0 Å². The van der Waals surface area contributed by atoms with Crippen molar-refractivity contribution in [3.63, 3.8) is 0 Å². The van der Waals surface area contributed by atoms with E-state index in [0.717, 1.165) is 46.4 Å². The Morgan fingerprint density at radius 2 is 1.47 bits per heavy atom. The molecule has 2 aromatic rings. The Labute approximate surface area is 288 Å². The number of allylic oxidation sites excluding steroid dienone is 8. The van der Waals surface area contributed by atoms with Crippen LogP contribution < -0.4 is 14.3 Å². The first-order valence-electron chi connectivity index (χ1n) is 15.4. The summed E-state index contributed by atoms with van der Waals surface area (Å²) in [5, 5.41) is 18.2. The molecule has 12 nitrogen and oxygen atoms in total. The number of sulfonamides is 2. The summed E-state index contributed by atoms with van der Waals surface area (Å²) in [5.41, 5.74) is 5.24. The largest absolute Gasteiger partial charge is 0.481 e. The fraction of sp³-hybridized carbons (Fsp3) is 0.314. The van der Waals surface area contributed by atoms with Gasteiger partial charge in [-0.2, -0.15) is 4.58 Å². The number of benzene rings is 2. The average Bonchev–Trinajstić information content (AvgIpc) is 3.32. The van der Waals surface area contributed by atoms with Crippen LogP contribution in [0, 0.1) is 0 Å². The molecule has 0 atom stereocenters. The van der Waals surface area contributed by atoms with Crippen LogP contribution in [0.3, 0.4) is 0 Å². The first kappa shape index (κ1) is 37.2. The number of aliphatic carboxylic acids is 1. The quantitative estimate of drug-likeness (QED) is 0.0639. The van der Waals surface area contributed by atoms with Gasteiger partial charge >= 0.3 is 5.97 Å². The molecule has 2 aromatic carbocycles. The Hall–Kier alpha value is -4.66. The standard InChI is InChI=1S/C35H42N4O8S2/c1-34(2)27-23-25(36-48(5,43)44)15-17-29(27)38(20-12-22-47-42)31(34)13-10-8-7-9-11-14-32-35(3,4)28-24-26(37-49(6,45)46)16-18-30(28)39(32)21-19-33(40)41/h7-18,22-24,36-37H,19-21H2,1-6H3,(H-,40,41,42)/p+1/b22-12+. The number of carbonyl (C=O) groups is 1. The molecule has 0 aliphatic carbocycles. The molecule has 2 heterocycles. The lowest BCUT2D eigenvalue weighted by Crippen LogP contribution is -2.28. The first-order chi connectivity index (χ1) is 22.8. The van der Waals surface area contributed by atoms with E-state index in [-0.39, 0.29) is 13.0 Å². The van der Waals surface area contributed by atoms with Crippen LogP contribution in [0.2, 0.25) is 0 Å². The Bertz CT molecular complexity index is 2020. The molecule has 0 unspecified atom stereocenters. The molecule has 2 aliphatic rings. The van der Waals surface area contributed by atoms with E-state index < -0.39 is 36.8 Å². The molecular weight excluding hydrogens is 669 g/mol. The molecule has 0 saturated carbocycles. The minimum atomic E-state index is -3.47. The van der Waals surface area contributed by atoms with Gasteiger partial charge in [0.15, 0.2) is 12.3 Å². The maximum atomic E-state index is 11.9. The highest BCUT2D eigenvalue weighted by Crippen LogP contribution is 2.49. The molecule has 262 valence electrons. The van der Waals surface area contributed by atoms with Crippen LogP contribution in [0.1, 0.15) is 45.2 Å². The molecule has 0 aromatic heterocycles. The van der Waals surface area contributed by atoms with Crippen LogP contribution in [-0.4, -0.2) is 69.1 Å². The van der Waals surface area contributed by atoms with Gasteiger partial charge in [-0.25, -0.2) is 22.1 Å². The van der Waals surface area contributed by atoms with E-state index in [2.05, 4.69) is 32.8 Å². The molecule has 0 saturated heterocycles. The van der Waals surface area contributed by atoms with Gasteiger partial charge in [-0.1, -0.05) is 44.2 Å². The summed E-state index contributed by atoms with van der Waals surface area (Å²) < 4.78 is 54.5. The Balaban J connectivity index is 1.59. The number of fused-ring (bicyclic) bond motifs is 2. The Kier molecular flexibility index (Phi) is 11.0. The van der Waals surface area contributed by atoms with Crippen LogP contribution in [-0.2, 0) is 40.6 Å². The summed E-state index contributed by atoms with van der Waals surface area (Å²) in [6, 6.07) is 10.7. The predicted molar refractivity (Wildman–Crippen MR) is 194 cm³/mol. The van der Waals surface area contributed by atoms with E-state index in [1.54, 1.807) is 30.3 Å². The van der Waals surface area contributed by atoms with Gasteiger partial charge in [-0.05, 0) is 55.8 Å². The zero-order chi connectivity index (χ0) is 36.2. The average molecular weight is 712 g/mol. The van der Waals surface area contributed by atoms with E-state index >= 15 is 0 Å². The molecule has 0 amide bonds. The van der Waals surface area contributed by atoms with Gasteiger partial charge in [-0.3, -0.25) is 14.2 Å². The highest BCUT2D eigenvalue weighted by atomic mass is 32.2. The fourth-order valence-electron chi connectivity index (χ4n) is 6.23. The van der Waals surface area contributed by atoms with Crippen molar-refractivity contribution in [2.75, 3.05) is 39.9 Å². The molecule has 0 spiro atoms. The topological polar surface area (TPSA) is 165 Å². The summed E-state index contributed by atoms with van der Waals surface area (Å²) in [7, 11) is -6.93. The molecule has 4 rings (SSSR count). The number of anilines is 3. The Morgan fingerprint density at radius 1 is 0.878 bits per heavy atom. The van der Waals surface area contributed by atoms with Crippen LogP contribution in [0.5, 0.6) is 0 Å². The molecule has 0 bridgehead atoms. The van der Waals surface area contributed by atoms with E-state index in [0.29, 0.717) is 17.9 Å². The number of hydrogen-bond donors (Lipinski definition) is 4. The lowest BCUT2D eigenvalue weighted by molar-refractivity contribution is -0.425. The second kappa shape index (κ2) is 14.4. The SMILES string of the molecule is CC1(C)C(/C=C/C=C/C=C\C=C2/N(CCC(=O)O)c3ccc(NS(C)(=O)=O)cc3C2(C)C)=[N+](C/C=C/OO)c2ccc(NS(C)(=O)=O)cc21. The summed E-state index contributed by atoms with van der Waals surface area (Å²) in [5.74, 6) is -0.917. The van der Waals surface area contributed by atoms with Crippen molar-refractivity contribution in [3.05, 3.63) is 108 Å². The molecule has 49 heavy (non-hydrogen) atoms. The van der Waals surface area contributed by atoms with Crippen molar-refractivity contribution in [2.45, 2.75) is 44.9 Å². The highest BCUT2D eigenvalue weighted by molar-refractivity contribution is 7.92. The van der Waals surface area contributed by atoms with Crippen molar-refractivity contribution < 1.29 is 41.5 Å². The van der Waals surface area contributed by atoms with Crippen molar-refractivity contribution in [2.24, 2.45) is 0 Å². The predicted octanol–water partition coefficient (Wildman–Crippen LogP) is 5.63. The van der Waals surface area contributed by atoms with Gasteiger partial charge in [0, 0.05) is 58.5 Å². The third-order valence-electron chi connectivity index (χ3n) is 8.34. The smallest absolute Gasteiger partial charge is 0.305 e. The summed E-state index contributed by atoms with van der Waals surface area (Å²) >= 11 is 0. The van der Waals surface area contributed by atoms with Gasteiger partial charge in [0.05, 0.1) is 24.3 Å². The minimum Gasteiger partial charge on any atom is -0.481 e. The lowest BCUT2D eigenvalue weighted by Gasteiger charge is -2.26. The molecule has 14 heteroatoms. The zero-order valence-corrected chi connectivity index (χ0v) is 30.0. The number of rotatable bonds is 14. The number of nitrogens with one attached hydrogen (secondary N) is 2. The van der Waals surface area contributed by atoms with Gasteiger partial charge in [0.2, 0.25) is 25.7 Å².